The summed E-state index contributed by atoms with van der Waals surface area (Å²) < 4.78 is 17.2. The minimum Gasteiger partial charge on any atom is -0.493 e. The maximum absolute atomic E-state index is 10.4. The van der Waals surface area contributed by atoms with Gasteiger partial charge in [0.1, 0.15) is 6.10 Å². The zero-order valence-electron chi connectivity index (χ0n) is 16.7. The van der Waals surface area contributed by atoms with E-state index in [1.165, 1.54) is 5.56 Å². The summed E-state index contributed by atoms with van der Waals surface area (Å²) in [5.74, 6) is 2.00. The molecule has 0 bridgehead atoms. The first-order chi connectivity index (χ1) is 12.9. The maximum atomic E-state index is 10.4. The number of rotatable bonds is 6. The van der Waals surface area contributed by atoms with E-state index in [9.17, 15) is 10.2 Å². The molecule has 2 saturated heterocycles. The Bertz CT molecular complexity index is 613. The van der Waals surface area contributed by atoms with Gasteiger partial charge >= 0.3 is 0 Å². The number of piperidine rings is 1. The largest absolute Gasteiger partial charge is 0.493 e. The monoisotopic (exact) mass is 379 g/mol. The van der Waals surface area contributed by atoms with E-state index in [2.05, 4.69) is 24.8 Å². The third-order valence-electron chi connectivity index (χ3n) is 5.62. The first kappa shape index (κ1) is 20.4. The number of aliphatic hydroxyl groups is 2. The fourth-order valence-electron chi connectivity index (χ4n) is 3.95. The quantitative estimate of drug-likeness (QED) is 0.790. The van der Waals surface area contributed by atoms with E-state index in [0.717, 1.165) is 44.0 Å². The normalized spacial score (nSPS) is 25.7. The van der Waals surface area contributed by atoms with Gasteiger partial charge in [-0.1, -0.05) is 19.9 Å². The zero-order valence-corrected chi connectivity index (χ0v) is 16.7. The van der Waals surface area contributed by atoms with Gasteiger partial charge in [0.05, 0.1) is 32.0 Å². The average molecular weight is 379 g/mol. The smallest absolute Gasteiger partial charge is 0.161 e. The van der Waals surface area contributed by atoms with Crippen molar-refractivity contribution in [3.8, 4) is 11.5 Å². The number of methoxy groups -OCH3 is 1. The summed E-state index contributed by atoms with van der Waals surface area (Å²) >= 11 is 0. The lowest BCUT2D eigenvalue weighted by Crippen LogP contribution is -2.59. The van der Waals surface area contributed by atoms with Crippen LogP contribution in [0.15, 0.2) is 18.2 Å². The highest BCUT2D eigenvalue weighted by atomic mass is 16.5. The van der Waals surface area contributed by atoms with Crippen LogP contribution in [0, 0.1) is 5.92 Å². The summed E-state index contributed by atoms with van der Waals surface area (Å²) in [5, 5.41) is 20.4. The summed E-state index contributed by atoms with van der Waals surface area (Å²) in [5.41, 5.74) is 0.588. The van der Waals surface area contributed by atoms with Crippen molar-refractivity contribution in [1.29, 1.82) is 0 Å². The molecule has 2 heterocycles. The Morgan fingerprint density at radius 1 is 1.22 bits per heavy atom. The molecule has 3 rings (SSSR count). The third-order valence-corrected chi connectivity index (χ3v) is 5.62. The molecule has 2 N–H and O–H groups in total. The van der Waals surface area contributed by atoms with Crippen LogP contribution in [-0.2, 0) is 11.3 Å². The Hall–Kier alpha value is -1.34. The van der Waals surface area contributed by atoms with Crippen molar-refractivity contribution in [3.05, 3.63) is 23.8 Å². The van der Waals surface area contributed by atoms with Crippen LogP contribution in [0.1, 0.15) is 38.7 Å². The highest BCUT2D eigenvalue weighted by Crippen LogP contribution is 2.36. The molecule has 1 aromatic carbocycles. The number of hydrogen-bond acceptors (Lipinski definition) is 6. The summed E-state index contributed by atoms with van der Waals surface area (Å²) in [6.07, 6.45) is 0.520. The topological polar surface area (TPSA) is 71.4 Å². The van der Waals surface area contributed by atoms with E-state index in [-0.39, 0.29) is 0 Å². The summed E-state index contributed by atoms with van der Waals surface area (Å²) in [7, 11) is 1.67. The third kappa shape index (κ3) is 4.74. The Kier molecular flexibility index (Phi) is 6.63. The molecule has 27 heavy (non-hydrogen) atoms. The highest BCUT2D eigenvalue weighted by molar-refractivity contribution is 5.43. The number of ether oxygens (including phenoxy) is 3. The van der Waals surface area contributed by atoms with Gasteiger partial charge in [0.25, 0.3) is 0 Å². The number of hydrogen-bond donors (Lipinski definition) is 2. The molecule has 152 valence electrons. The Morgan fingerprint density at radius 3 is 2.63 bits per heavy atom. The van der Waals surface area contributed by atoms with Crippen LogP contribution in [0.25, 0.3) is 0 Å². The predicted octanol–water partition coefficient (Wildman–Crippen LogP) is 2.21. The van der Waals surface area contributed by atoms with Crippen LogP contribution in [0.5, 0.6) is 11.5 Å². The molecular weight excluding hydrogens is 346 g/mol. The van der Waals surface area contributed by atoms with E-state index in [1.54, 1.807) is 7.11 Å². The predicted molar refractivity (Wildman–Crippen MR) is 103 cm³/mol. The first-order valence-electron chi connectivity index (χ1n) is 9.95. The van der Waals surface area contributed by atoms with Crippen LogP contribution >= 0.6 is 0 Å². The Labute approximate surface area is 162 Å². The van der Waals surface area contributed by atoms with Crippen LogP contribution in [0.4, 0.5) is 0 Å². The van der Waals surface area contributed by atoms with E-state index in [4.69, 9.17) is 14.2 Å². The molecule has 0 radical (unpaired) electrons. The maximum Gasteiger partial charge on any atom is 0.161 e. The molecule has 1 aromatic rings. The highest BCUT2D eigenvalue weighted by Gasteiger charge is 2.47. The number of benzene rings is 1. The van der Waals surface area contributed by atoms with Crippen LogP contribution < -0.4 is 9.47 Å². The molecule has 0 unspecified atom stereocenters. The van der Waals surface area contributed by atoms with Crippen LogP contribution in [-0.4, -0.2) is 66.3 Å². The van der Waals surface area contributed by atoms with Crippen molar-refractivity contribution in [2.75, 3.05) is 33.4 Å². The van der Waals surface area contributed by atoms with Gasteiger partial charge in [0.15, 0.2) is 11.5 Å². The molecule has 2 aliphatic heterocycles. The Morgan fingerprint density at radius 2 is 1.96 bits per heavy atom. The SMILES string of the molecule is COc1cc(CN2CCC3(CC2)OCC[C@H](O)[C@@H]3O)ccc1OCC(C)C. The lowest BCUT2D eigenvalue weighted by Gasteiger charge is -2.48. The first-order valence-corrected chi connectivity index (χ1v) is 9.95. The van der Waals surface area contributed by atoms with E-state index in [0.29, 0.717) is 25.6 Å². The fourth-order valence-corrected chi connectivity index (χ4v) is 3.95. The van der Waals surface area contributed by atoms with Gasteiger partial charge in [-0.15, -0.1) is 0 Å². The minimum atomic E-state index is -0.786. The van der Waals surface area contributed by atoms with Crippen molar-refractivity contribution in [2.45, 2.75) is 57.5 Å². The van der Waals surface area contributed by atoms with E-state index in [1.807, 2.05) is 12.1 Å². The molecule has 0 amide bonds. The van der Waals surface area contributed by atoms with Crippen molar-refractivity contribution < 1.29 is 24.4 Å². The molecule has 2 aliphatic rings. The zero-order chi connectivity index (χ0) is 19.4. The van der Waals surface area contributed by atoms with Crippen molar-refractivity contribution >= 4 is 0 Å². The standard InChI is InChI=1S/C21H33NO5/c1-15(2)14-26-18-5-4-16(12-19(18)25-3)13-22-9-7-21(8-10-22)20(24)17(23)6-11-27-21/h4-5,12,15,17,20,23-24H,6-11,13-14H2,1-3H3/t17-,20-/m0/s1. The molecule has 0 saturated carbocycles. The molecule has 2 fully saturated rings. The van der Waals surface area contributed by atoms with E-state index < -0.39 is 17.8 Å². The fraction of sp³-hybridized carbons (Fsp3) is 0.714. The van der Waals surface area contributed by atoms with Gasteiger partial charge in [0.2, 0.25) is 0 Å². The second-order valence-corrected chi connectivity index (χ2v) is 8.18. The molecule has 0 aromatic heterocycles. The second kappa shape index (κ2) is 8.78. The molecule has 2 atom stereocenters. The average Bonchev–Trinajstić information content (AvgIpc) is 2.66. The number of aliphatic hydroxyl groups excluding tert-OH is 2. The van der Waals surface area contributed by atoms with Gasteiger partial charge in [0, 0.05) is 19.6 Å². The summed E-state index contributed by atoms with van der Waals surface area (Å²) in [6.45, 7) is 7.90. The number of likely N-dealkylation sites (tertiary alicyclic amines) is 1. The van der Waals surface area contributed by atoms with Crippen molar-refractivity contribution in [1.82, 2.24) is 4.90 Å². The van der Waals surface area contributed by atoms with Gasteiger partial charge < -0.3 is 24.4 Å². The van der Waals surface area contributed by atoms with Gasteiger partial charge in [-0.05, 0) is 42.9 Å². The molecule has 0 aliphatic carbocycles. The van der Waals surface area contributed by atoms with Crippen LogP contribution in [0.2, 0.25) is 0 Å². The van der Waals surface area contributed by atoms with Crippen molar-refractivity contribution in [3.63, 3.8) is 0 Å². The van der Waals surface area contributed by atoms with Crippen LogP contribution in [0.3, 0.4) is 0 Å². The Balaban J connectivity index is 1.58. The lowest BCUT2D eigenvalue weighted by molar-refractivity contribution is -0.214. The minimum absolute atomic E-state index is 0.464. The number of nitrogens with zero attached hydrogens (tertiary/aromatic N) is 1. The van der Waals surface area contributed by atoms with Gasteiger partial charge in [-0.25, -0.2) is 0 Å². The van der Waals surface area contributed by atoms with E-state index >= 15 is 0 Å². The second-order valence-electron chi connectivity index (χ2n) is 8.18. The van der Waals surface area contributed by atoms with Crippen molar-refractivity contribution in [2.24, 2.45) is 5.92 Å². The lowest BCUT2D eigenvalue weighted by atomic mass is 9.80. The molecule has 6 heteroatoms. The molecule has 1 spiro atoms. The molecule has 6 nitrogen and oxygen atoms in total. The molecular formula is C21H33NO5. The summed E-state index contributed by atoms with van der Waals surface area (Å²) in [4.78, 5) is 2.35. The van der Waals surface area contributed by atoms with Gasteiger partial charge in [-0.3, -0.25) is 4.90 Å². The van der Waals surface area contributed by atoms with Gasteiger partial charge in [-0.2, -0.15) is 0 Å². The summed E-state index contributed by atoms with van der Waals surface area (Å²) in [6, 6.07) is 6.10.